The number of hydrogen-bond donors (Lipinski definition) is 0. The van der Waals surface area contributed by atoms with E-state index >= 15 is 0 Å². The summed E-state index contributed by atoms with van der Waals surface area (Å²) in [6, 6.07) is 0. The van der Waals surface area contributed by atoms with Crippen molar-refractivity contribution in [3.63, 3.8) is 0 Å². The standard InChI is InChI=1S/C4H10Cl4Si2/c1-4(9(2,5)6)10(3,7)8/h4H,1-3H3. The predicted octanol–water partition coefficient (Wildman–Crippen LogP) is 4.01. The zero-order chi connectivity index (χ0) is 8.58. The predicted molar refractivity (Wildman–Crippen MR) is 56.1 cm³/mol. The van der Waals surface area contributed by atoms with Crippen molar-refractivity contribution >= 4 is 57.7 Å². The van der Waals surface area contributed by atoms with Gasteiger partial charge < -0.3 is 0 Å². The Morgan fingerprint density at radius 2 is 1.10 bits per heavy atom. The van der Waals surface area contributed by atoms with E-state index in [9.17, 15) is 0 Å². The van der Waals surface area contributed by atoms with Crippen LogP contribution in [0.3, 0.4) is 0 Å². The van der Waals surface area contributed by atoms with E-state index < -0.39 is 13.4 Å². The zero-order valence-electron chi connectivity index (χ0n) is 6.09. The summed E-state index contributed by atoms with van der Waals surface area (Å²) in [4.78, 5) is 0. The Balaban J connectivity index is 4.23. The van der Waals surface area contributed by atoms with Crippen LogP contribution in [0.15, 0.2) is 0 Å². The van der Waals surface area contributed by atoms with Crippen LogP contribution in [0.1, 0.15) is 6.92 Å². The quantitative estimate of drug-likeness (QED) is 0.517. The molecule has 62 valence electrons. The molecule has 0 aliphatic heterocycles. The fourth-order valence-electron chi connectivity index (χ4n) is 0.445. The summed E-state index contributed by atoms with van der Waals surface area (Å²) in [7, 11) is 0. The van der Waals surface area contributed by atoms with Crippen molar-refractivity contribution in [1.29, 1.82) is 0 Å². The molecule has 0 saturated heterocycles. The lowest BCUT2D eigenvalue weighted by molar-refractivity contribution is 1.28. The first kappa shape index (κ1) is 11.6. The number of halogens is 4. The fourth-order valence-corrected chi connectivity index (χ4v) is 13.9. The maximum Gasteiger partial charge on any atom is 0.250 e. The Morgan fingerprint density at radius 1 is 0.900 bits per heavy atom. The van der Waals surface area contributed by atoms with Gasteiger partial charge in [-0.15, -0.1) is 44.3 Å². The lowest BCUT2D eigenvalue weighted by Gasteiger charge is -2.26. The van der Waals surface area contributed by atoms with Crippen LogP contribution in [0, 0.1) is 0 Å². The SMILES string of the molecule is CC([Si](C)(Cl)Cl)[Si](C)(Cl)Cl. The van der Waals surface area contributed by atoms with Crippen LogP contribution in [0.25, 0.3) is 0 Å². The number of hydrogen-bond acceptors (Lipinski definition) is 0. The second-order valence-corrected chi connectivity index (χ2v) is 19.4. The van der Waals surface area contributed by atoms with E-state index in [1.807, 2.05) is 20.0 Å². The van der Waals surface area contributed by atoms with Gasteiger partial charge in [0.05, 0.1) is 0 Å². The molecule has 0 N–H and O–H groups in total. The highest BCUT2D eigenvalue weighted by atomic mass is 35.7. The Hall–Kier alpha value is 1.59. The van der Waals surface area contributed by atoms with Gasteiger partial charge in [0.25, 0.3) is 13.4 Å². The molecule has 0 heterocycles. The second kappa shape index (κ2) is 3.54. The molecule has 0 fully saturated rings. The molecule has 0 aliphatic rings. The molecular formula is C4H10Cl4Si2. The van der Waals surface area contributed by atoms with Crippen LogP contribution >= 0.6 is 44.3 Å². The van der Waals surface area contributed by atoms with E-state index in [1.54, 1.807) is 0 Å². The van der Waals surface area contributed by atoms with Gasteiger partial charge in [-0.05, 0) is 13.1 Å². The van der Waals surface area contributed by atoms with Crippen molar-refractivity contribution in [3.8, 4) is 0 Å². The Labute approximate surface area is 82.6 Å². The molecule has 6 heteroatoms. The molecule has 0 nitrogen and oxygen atoms in total. The Kier molecular flexibility index (Phi) is 4.11. The Morgan fingerprint density at radius 3 is 1.10 bits per heavy atom. The average Bonchev–Trinajstić information content (AvgIpc) is 1.59. The molecule has 10 heavy (non-hydrogen) atoms. The molecule has 0 radical (unpaired) electrons. The minimum Gasteiger partial charge on any atom is -0.146 e. The van der Waals surface area contributed by atoms with Crippen LogP contribution in [0.4, 0.5) is 0 Å². The summed E-state index contributed by atoms with van der Waals surface area (Å²) in [6.45, 7) is 1.31. The minimum atomic E-state index is -2.15. The third-order valence-electron chi connectivity index (χ3n) is 1.52. The number of rotatable bonds is 2. The second-order valence-electron chi connectivity index (χ2n) is 2.63. The molecule has 0 spiro atoms. The van der Waals surface area contributed by atoms with Gasteiger partial charge >= 0.3 is 0 Å². The molecule has 0 aliphatic carbocycles. The van der Waals surface area contributed by atoms with Crippen molar-refractivity contribution in [1.82, 2.24) is 0 Å². The van der Waals surface area contributed by atoms with Crippen LogP contribution in [0.5, 0.6) is 0 Å². The first-order chi connectivity index (χ1) is 4.15. The Bertz CT molecular complexity index is 99.4. The maximum absolute atomic E-state index is 5.94. The van der Waals surface area contributed by atoms with Crippen molar-refractivity contribution in [3.05, 3.63) is 0 Å². The maximum atomic E-state index is 5.94. The summed E-state index contributed by atoms with van der Waals surface area (Å²) in [5, 5.41) is 0.103. The lowest BCUT2D eigenvalue weighted by Crippen LogP contribution is -2.35. The molecule has 0 aromatic rings. The topological polar surface area (TPSA) is 0 Å². The normalized spacial score (nSPS) is 14.4. The van der Waals surface area contributed by atoms with Crippen LogP contribution < -0.4 is 0 Å². The first-order valence-electron chi connectivity index (χ1n) is 2.91. The summed E-state index contributed by atoms with van der Waals surface area (Å²) in [5.41, 5.74) is 0. The molecule has 0 rings (SSSR count). The van der Waals surface area contributed by atoms with Crippen LogP contribution in [-0.2, 0) is 0 Å². The molecule has 0 unspecified atom stereocenters. The van der Waals surface area contributed by atoms with E-state index in [-0.39, 0.29) is 5.16 Å². The third kappa shape index (κ3) is 3.83. The monoisotopic (exact) mass is 254 g/mol. The third-order valence-corrected chi connectivity index (χ3v) is 14.1. The molecule has 0 aromatic heterocycles. The van der Waals surface area contributed by atoms with Gasteiger partial charge in [-0.3, -0.25) is 0 Å². The van der Waals surface area contributed by atoms with Crippen LogP contribution in [0.2, 0.25) is 18.3 Å². The van der Waals surface area contributed by atoms with Gasteiger partial charge in [-0.25, -0.2) is 0 Å². The van der Waals surface area contributed by atoms with Crippen molar-refractivity contribution < 1.29 is 0 Å². The average molecular weight is 256 g/mol. The molecule has 0 bridgehead atoms. The van der Waals surface area contributed by atoms with Crippen molar-refractivity contribution in [2.24, 2.45) is 0 Å². The molecular weight excluding hydrogens is 246 g/mol. The summed E-state index contributed by atoms with van der Waals surface area (Å²) in [6.07, 6.45) is 0. The lowest BCUT2D eigenvalue weighted by atomic mass is 10.9. The summed E-state index contributed by atoms with van der Waals surface area (Å²) >= 11 is 23.8. The van der Waals surface area contributed by atoms with E-state index in [0.29, 0.717) is 0 Å². The zero-order valence-corrected chi connectivity index (χ0v) is 11.1. The molecule has 0 aromatic carbocycles. The van der Waals surface area contributed by atoms with Gasteiger partial charge in [-0.1, -0.05) is 6.92 Å². The van der Waals surface area contributed by atoms with Gasteiger partial charge in [-0.2, -0.15) is 0 Å². The summed E-state index contributed by atoms with van der Waals surface area (Å²) in [5.74, 6) is 0. The van der Waals surface area contributed by atoms with Gasteiger partial charge in [0.15, 0.2) is 0 Å². The van der Waals surface area contributed by atoms with E-state index in [1.165, 1.54) is 0 Å². The highest BCUT2D eigenvalue weighted by molar-refractivity contribution is 7.56. The largest absolute Gasteiger partial charge is 0.250 e. The van der Waals surface area contributed by atoms with Gasteiger partial charge in [0, 0.05) is 5.16 Å². The molecule has 0 amide bonds. The van der Waals surface area contributed by atoms with Crippen molar-refractivity contribution in [2.45, 2.75) is 25.2 Å². The first-order valence-corrected chi connectivity index (χ1v) is 12.1. The molecule has 0 atom stereocenters. The van der Waals surface area contributed by atoms with E-state index in [2.05, 4.69) is 0 Å². The van der Waals surface area contributed by atoms with Crippen molar-refractivity contribution in [2.75, 3.05) is 0 Å². The summed E-state index contributed by atoms with van der Waals surface area (Å²) < 4.78 is 0. The van der Waals surface area contributed by atoms with E-state index in [0.717, 1.165) is 0 Å². The van der Waals surface area contributed by atoms with Gasteiger partial charge in [0.2, 0.25) is 0 Å². The fraction of sp³-hybridized carbons (Fsp3) is 1.00. The highest BCUT2D eigenvalue weighted by Gasteiger charge is 2.43. The molecule has 0 saturated carbocycles. The van der Waals surface area contributed by atoms with Gasteiger partial charge in [0.1, 0.15) is 0 Å². The minimum absolute atomic E-state index is 0.103. The highest BCUT2D eigenvalue weighted by Crippen LogP contribution is 2.40. The smallest absolute Gasteiger partial charge is 0.146 e. The van der Waals surface area contributed by atoms with E-state index in [4.69, 9.17) is 44.3 Å². The van der Waals surface area contributed by atoms with Crippen LogP contribution in [-0.4, -0.2) is 13.4 Å².